The van der Waals surface area contributed by atoms with E-state index in [1.807, 2.05) is 34.0 Å². The number of amides is 1. The minimum Gasteiger partial charge on any atom is -0.381 e. The van der Waals surface area contributed by atoms with E-state index in [0.717, 1.165) is 64.1 Å². The first-order chi connectivity index (χ1) is 13.8. The maximum atomic E-state index is 13.3. The number of carbonyl (C=O) groups excluding carboxylic acids is 1. The van der Waals surface area contributed by atoms with Gasteiger partial charge in [-0.15, -0.1) is 17.5 Å². The summed E-state index contributed by atoms with van der Waals surface area (Å²) in [6, 6.07) is 10.5. The summed E-state index contributed by atoms with van der Waals surface area (Å²) < 4.78 is 7.36. The van der Waals surface area contributed by atoms with Crippen LogP contribution in [0.5, 0.6) is 0 Å². The van der Waals surface area contributed by atoms with E-state index in [4.69, 9.17) is 4.74 Å². The van der Waals surface area contributed by atoms with E-state index in [-0.39, 0.29) is 18.3 Å². The largest absolute Gasteiger partial charge is 0.381 e. The van der Waals surface area contributed by atoms with Crippen LogP contribution in [0.1, 0.15) is 47.8 Å². The van der Waals surface area contributed by atoms with Gasteiger partial charge in [-0.25, -0.2) is 4.68 Å². The van der Waals surface area contributed by atoms with Crippen molar-refractivity contribution in [1.29, 1.82) is 0 Å². The molecular formula is C21H30ClN5O2. The van der Waals surface area contributed by atoms with Crippen LogP contribution in [-0.2, 0) is 11.3 Å². The molecule has 0 unspecified atom stereocenters. The fourth-order valence-electron chi connectivity index (χ4n) is 4.05. The van der Waals surface area contributed by atoms with Gasteiger partial charge in [0.15, 0.2) is 5.69 Å². The van der Waals surface area contributed by atoms with E-state index in [2.05, 4.69) is 27.8 Å². The number of ether oxygens (including phenoxy) is 1. The average Bonchev–Trinajstić information content (AvgIpc) is 3.25. The molecule has 0 saturated carbocycles. The van der Waals surface area contributed by atoms with Crippen molar-refractivity contribution in [1.82, 2.24) is 25.2 Å². The number of benzene rings is 1. The lowest BCUT2D eigenvalue weighted by Gasteiger charge is -2.29. The summed E-state index contributed by atoms with van der Waals surface area (Å²) in [6.07, 6.45) is 5.88. The Kier molecular flexibility index (Phi) is 8.03. The number of rotatable bonds is 6. The molecule has 0 atom stereocenters. The highest BCUT2D eigenvalue weighted by molar-refractivity contribution is 5.91. The SMILES string of the molecule is Cl.O=C(c1cn(C2CCNCC2)nn1)N(Cc1ccccc1)CC1CCOCC1. The fraction of sp³-hybridized carbons (Fsp3) is 0.571. The Hall–Kier alpha value is -1.96. The minimum absolute atomic E-state index is 0. The van der Waals surface area contributed by atoms with Crippen LogP contribution in [0.15, 0.2) is 36.5 Å². The molecule has 158 valence electrons. The van der Waals surface area contributed by atoms with Crippen LogP contribution in [0.2, 0.25) is 0 Å². The zero-order valence-corrected chi connectivity index (χ0v) is 17.5. The van der Waals surface area contributed by atoms with Crippen LogP contribution in [0.3, 0.4) is 0 Å². The lowest BCUT2D eigenvalue weighted by atomic mass is 9.99. The van der Waals surface area contributed by atoms with Gasteiger partial charge in [0.1, 0.15) is 0 Å². The van der Waals surface area contributed by atoms with Crippen LogP contribution < -0.4 is 5.32 Å². The standard InChI is InChI=1S/C21H29N5O2.ClH/c27-21(20-16-26(24-23-20)19-6-10-22-11-7-19)25(14-17-4-2-1-3-5-17)15-18-8-12-28-13-9-18;/h1-5,16,18-19,22H,6-15H2;1H. The maximum absolute atomic E-state index is 13.3. The van der Waals surface area contributed by atoms with Crippen molar-refractivity contribution in [2.24, 2.45) is 5.92 Å². The van der Waals surface area contributed by atoms with E-state index >= 15 is 0 Å². The first kappa shape index (κ1) is 21.7. The highest BCUT2D eigenvalue weighted by Gasteiger charge is 2.25. The molecule has 2 saturated heterocycles. The van der Waals surface area contributed by atoms with E-state index in [0.29, 0.717) is 24.2 Å². The lowest BCUT2D eigenvalue weighted by molar-refractivity contribution is 0.0443. The number of hydrogen-bond donors (Lipinski definition) is 1. The van der Waals surface area contributed by atoms with Crippen LogP contribution in [0, 0.1) is 5.92 Å². The van der Waals surface area contributed by atoms with Crippen LogP contribution in [0.25, 0.3) is 0 Å². The monoisotopic (exact) mass is 419 g/mol. The van der Waals surface area contributed by atoms with Gasteiger partial charge in [0.25, 0.3) is 5.91 Å². The summed E-state index contributed by atoms with van der Waals surface area (Å²) in [5, 5.41) is 11.9. The van der Waals surface area contributed by atoms with E-state index in [1.165, 1.54) is 0 Å². The van der Waals surface area contributed by atoms with Gasteiger partial charge >= 0.3 is 0 Å². The molecule has 2 fully saturated rings. The molecule has 0 bridgehead atoms. The highest BCUT2D eigenvalue weighted by Crippen LogP contribution is 2.21. The molecule has 7 nitrogen and oxygen atoms in total. The second kappa shape index (κ2) is 10.7. The molecule has 3 heterocycles. The summed E-state index contributed by atoms with van der Waals surface area (Å²) in [5.74, 6) is 0.441. The minimum atomic E-state index is -0.0319. The zero-order valence-electron chi connectivity index (χ0n) is 16.7. The molecular weight excluding hydrogens is 390 g/mol. The summed E-state index contributed by atoms with van der Waals surface area (Å²) in [5.41, 5.74) is 1.58. The molecule has 2 aliphatic rings. The Morgan fingerprint density at radius 3 is 2.59 bits per heavy atom. The number of nitrogens with zero attached hydrogens (tertiary/aromatic N) is 4. The van der Waals surface area contributed by atoms with Crippen LogP contribution >= 0.6 is 12.4 Å². The Morgan fingerprint density at radius 1 is 1.14 bits per heavy atom. The first-order valence-electron chi connectivity index (χ1n) is 10.3. The molecule has 0 spiro atoms. The molecule has 29 heavy (non-hydrogen) atoms. The van der Waals surface area contributed by atoms with Gasteiger partial charge in [-0.2, -0.15) is 0 Å². The van der Waals surface area contributed by atoms with Crippen molar-refractivity contribution in [3.05, 3.63) is 47.8 Å². The molecule has 4 rings (SSSR count). The lowest BCUT2D eigenvalue weighted by Crippen LogP contribution is -2.37. The number of hydrogen-bond acceptors (Lipinski definition) is 5. The second-order valence-electron chi connectivity index (χ2n) is 7.79. The molecule has 1 aromatic carbocycles. The highest BCUT2D eigenvalue weighted by atomic mass is 35.5. The zero-order chi connectivity index (χ0) is 19.2. The van der Waals surface area contributed by atoms with Gasteiger partial charge in [-0.3, -0.25) is 4.79 Å². The normalized spacial score (nSPS) is 18.2. The van der Waals surface area contributed by atoms with Gasteiger partial charge in [0, 0.05) is 26.3 Å². The second-order valence-corrected chi connectivity index (χ2v) is 7.79. The number of carbonyl (C=O) groups is 1. The Morgan fingerprint density at radius 2 is 1.86 bits per heavy atom. The maximum Gasteiger partial charge on any atom is 0.276 e. The third kappa shape index (κ3) is 5.78. The molecule has 2 aromatic rings. The van der Waals surface area contributed by atoms with Gasteiger partial charge in [-0.05, 0) is 50.3 Å². The molecule has 8 heteroatoms. The van der Waals surface area contributed by atoms with Crippen molar-refractivity contribution in [3.63, 3.8) is 0 Å². The number of aromatic nitrogens is 3. The topological polar surface area (TPSA) is 72.3 Å². The third-order valence-electron chi connectivity index (χ3n) is 5.74. The van der Waals surface area contributed by atoms with Crippen molar-refractivity contribution < 1.29 is 9.53 Å². The summed E-state index contributed by atoms with van der Waals surface area (Å²) in [6.45, 7) is 4.86. The van der Waals surface area contributed by atoms with Gasteiger partial charge in [0.05, 0.1) is 12.2 Å². The van der Waals surface area contributed by atoms with Gasteiger partial charge in [0.2, 0.25) is 0 Å². The van der Waals surface area contributed by atoms with Crippen LogP contribution in [0.4, 0.5) is 0 Å². The van der Waals surface area contributed by atoms with Crippen molar-refractivity contribution in [2.45, 2.75) is 38.3 Å². The number of piperidine rings is 1. The van der Waals surface area contributed by atoms with E-state index in [9.17, 15) is 4.79 Å². The Labute approximate surface area is 178 Å². The number of halogens is 1. The molecule has 1 amide bonds. The summed E-state index contributed by atoms with van der Waals surface area (Å²) >= 11 is 0. The van der Waals surface area contributed by atoms with Crippen molar-refractivity contribution in [3.8, 4) is 0 Å². The predicted octanol–water partition coefficient (Wildman–Crippen LogP) is 2.69. The Balaban J connectivity index is 0.00000240. The van der Waals surface area contributed by atoms with Crippen molar-refractivity contribution >= 4 is 18.3 Å². The average molecular weight is 420 g/mol. The summed E-state index contributed by atoms with van der Waals surface area (Å²) in [7, 11) is 0. The van der Waals surface area contributed by atoms with E-state index in [1.54, 1.807) is 0 Å². The third-order valence-corrected chi connectivity index (χ3v) is 5.74. The quantitative estimate of drug-likeness (QED) is 0.779. The number of nitrogens with one attached hydrogen (secondary N) is 1. The predicted molar refractivity (Wildman–Crippen MR) is 113 cm³/mol. The molecule has 0 aliphatic carbocycles. The first-order valence-corrected chi connectivity index (χ1v) is 10.3. The van der Waals surface area contributed by atoms with Crippen molar-refractivity contribution in [2.75, 3.05) is 32.8 Å². The summed E-state index contributed by atoms with van der Waals surface area (Å²) in [4.78, 5) is 15.2. The van der Waals surface area contributed by atoms with Crippen LogP contribution in [-0.4, -0.2) is 58.6 Å². The molecule has 2 aliphatic heterocycles. The van der Waals surface area contributed by atoms with Gasteiger partial charge in [-0.1, -0.05) is 35.5 Å². The van der Waals surface area contributed by atoms with E-state index < -0.39 is 0 Å². The molecule has 1 N–H and O–H groups in total. The molecule has 1 aromatic heterocycles. The fourth-order valence-corrected chi connectivity index (χ4v) is 4.05. The Bertz CT molecular complexity index is 757. The molecule has 0 radical (unpaired) electrons. The van der Waals surface area contributed by atoms with Gasteiger partial charge < -0.3 is 15.0 Å². The smallest absolute Gasteiger partial charge is 0.276 e.